The van der Waals surface area contributed by atoms with Gasteiger partial charge in [-0.2, -0.15) is 0 Å². The molecule has 1 fully saturated rings. The van der Waals surface area contributed by atoms with E-state index in [0.717, 1.165) is 11.3 Å². The van der Waals surface area contributed by atoms with Crippen LogP contribution in [0.2, 0.25) is 0 Å². The lowest BCUT2D eigenvalue weighted by atomic mass is 10.1. The number of aliphatic hydroxyl groups excluding tert-OH is 1. The molecule has 0 spiro atoms. The number of nitrogens with one attached hydrogen (secondary N) is 1. The first-order chi connectivity index (χ1) is 9.08. The molecule has 0 saturated carbocycles. The number of benzene rings is 1. The number of aliphatic hydroxyl groups is 1. The Bertz CT molecular complexity index is 448. The summed E-state index contributed by atoms with van der Waals surface area (Å²) >= 11 is 0. The van der Waals surface area contributed by atoms with Crippen LogP contribution < -0.4 is 10.2 Å². The summed E-state index contributed by atoms with van der Waals surface area (Å²) in [5, 5.41) is 12.5. The van der Waals surface area contributed by atoms with Crippen molar-refractivity contribution in [3.63, 3.8) is 0 Å². The Morgan fingerprint density at radius 2 is 2.26 bits per heavy atom. The lowest BCUT2D eigenvalue weighted by molar-refractivity contribution is 0.181. The molecule has 0 radical (unpaired) electrons. The summed E-state index contributed by atoms with van der Waals surface area (Å²) in [4.78, 5) is 13.2. The van der Waals surface area contributed by atoms with Crippen LogP contribution in [-0.4, -0.2) is 37.0 Å². The normalized spacial score (nSPS) is 18.3. The molecule has 0 aliphatic carbocycles. The minimum Gasteiger partial charge on any atom is -0.447 e. The van der Waals surface area contributed by atoms with Crippen LogP contribution in [0.1, 0.15) is 25.5 Å². The molecule has 0 aromatic heterocycles. The van der Waals surface area contributed by atoms with E-state index in [0.29, 0.717) is 19.7 Å². The number of hydrogen-bond acceptors (Lipinski definition) is 4. The van der Waals surface area contributed by atoms with Gasteiger partial charge in [-0.05, 0) is 31.5 Å². The number of cyclic esters (lactones) is 1. The summed E-state index contributed by atoms with van der Waals surface area (Å²) < 4.78 is 4.94. The average molecular weight is 264 g/mol. The fourth-order valence-electron chi connectivity index (χ4n) is 2.06. The molecule has 1 aromatic rings. The van der Waals surface area contributed by atoms with E-state index in [1.165, 1.54) is 0 Å². The Hall–Kier alpha value is -1.59. The molecule has 5 nitrogen and oxygen atoms in total. The second-order valence-electron chi connectivity index (χ2n) is 4.84. The molecule has 2 unspecified atom stereocenters. The zero-order valence-electron chi connectivity index (χ0n) is 11.3. The van der Waals surface area contributed by atoms with Crippen LogP contribution >= 0.6 is 0 Å². The Balaban J connectivity index is 2.08. The van der Waals surface area contributed by atoms with E-state index in [9.17, 15) is 9.90 Å². The molecule has 2 N–H and O–H groups in total. The van der Waals surface area contributed by atoms with Gasteiger partial charge in [-0.15, -0.1) is 0 Å². The topological polar surface area (TPSA) is 61.8 Å². The van der Waals surface area contributed by atoms with Crippen molar-refractivity contribution < 1.29 is 14.6 Å². The van der Waals surface area contributed by atoms with Crippen molar-refractivity contribution in [1.29, 1.82) is 0 Å². The number of nitrogens with zero attached hydrogens (tertiary/aromatic N) is 1. The molecule has 1 aliphatic heterocycles. The average Bonchev–Trinajstić information content (AvgIpc) is 2.82. The predicted molar refractivity (Wildman–Crippen MR) is 73.2 cm³/mol. The first-order valence-corrected chi connectivity index (χ1v) is 6.53. The van der Waals surface area contributed by atoms with E-state index >= 15 is 0 Å². The summed E-state index contributed by atoms with van der Waals surface area (Å²) in [5.74, 6) is 0. The number of hydrogen-bond donors (Lipinski definition) is 2. The summed E-state index contributed by atoms with van der Waals surface area (Å²) in [6.45, 7) is 5.36. The van der Waals surface area contributed by atoms with Crippen LogP contribution in [0.3, 0.4) is 0 Å². The molecule has 1 saturated heterocycles. The highest BCUT2D eigenvalue weighted by molar-refractivity contribution is 5.89. The number of anilines is 1. The molecule has 2 rings (SSSR count). The zero-order valence-corrected chi connectivity index (χ0v) is 11.3. The quantitative estimate of drug-likeness (QED) is 0.849. The Morgan fingerprint density at radius 1 is 1.47 bits per heavy atom. The van der Waals surface area contributed by atoms with Gasteiger partial charge >= 0.3 is 6.09 Å². The van der Waals surface area contributed by atoms with Gasteiger partial charge in [0, 0.05) is 18.3 Å². The fourth-order valence-corrected chi connectivity index (χ4v) is 2.06. The van der Waals surface area contributed by atoms with Crippen molar-refractivity contribution in [2.24, 2.45) is 0 Å². The second-order valence-corrected chi connectivity index (χ2v) is 4.84. The first-order valence-electron chi connectivity index (χ1n) is 6.53. The summed E-state index contributed by atoms with van der Waals surface area (Å²) in [6.07, 6.45) is -0.666. The van der Waals surface area contributed by atoms with E-state index in [1.807, 2.05) is 31.2 Å². The van der Waals surface area contributed by atoms with E-state index in [1.54, 1.807) is 11.8 Å². The summed E-state index contributed by atoms with van der Waals surface area (Å²) in [7, 11) is 0. The van der Waals surface area contributed by atoms with Crippen molar-refractivity contribution in [3.05, 3.63) is 29.8 Å². The maximum atomic E-state index is 11.5. The van der Waals surface area contributed by atoms with Crippen LogP contribution in [0.15, 0.2) is 24.3 Å². The molecule has 1 aromatic carbocycles. The smallest absolute Gasteiger partial charge is 0.414 e. The van der Waals surface area contributed by atoms with E-state index < -0.39 is 0 Å². The van der Waals surface area contributed by atoms with Crippen LogP contribution in [-0.2, 0) is 4.74 Å². The SMILES string of the molecule is CC(O)CNC(C)c1cccc(N2CCOC2=O)c1. The van der Waals surface area contributed by atoms with Crippen LogP contribution in [0, 0.1) is 0 Å². The number of ether oxygens (including phenoxy) is 1. The van der Waals surface area contributed by atoms with Crippen LogP contribution in [0.25, 0.3) is 0 Å². The fraction of sp³-hybridized carbons (Fsp3) is 0.500. The van der Waals surface area contributed by atoms with Crippen molar-refractivity contribution in [2.75, 3.05) is 24.6 Å². The van der Waals surface area contributed by atoms with Crippen molar-refractivity contribution in [3.8, 4) is 0 Å². The standard InChI is InChI=1S/C14H20N2O3/c1-10(17)9-15-11(2)12-4-3-5-13(8-12)16-6-7-19-14(16)18/h3-5,8,10-11,15,17H,6-7,9H2,1-2H3. The molecule has 19 heavy (non-hydrogen) atoms. The second kappa shape index (κ2) is 6.04. The van der Waals surface area contributed by atoms with Gasteiger partial charge in [0.2, 0.25) is 0 Å². The van der Waals surface area contributed by atoms with Gasteiger partial charge in [0.25, 0.3) is 0 Å². The molecule has 5 heteroatoms. The van der Waals surface area contributed by atoms with Gasteiger partial charge in [0.05, 0.1) is 12.6 Å². The van der Waals surface area contributed by atoms with Gasteiger partial charge in [0.15, 0.2) is 0 Å². The largest absolute Gasteiger partial charge is 0.447 e. The predicted octanol–water partition coefficient (Wildman–Crippen LogP) is 1.67. The monoisotopic (exact) mass is 264 g/mol. The van der Waals surface area contributed by atoms with Crippen molar-refractivity contribution in [1.82, 2.24) is 5.32 Å². The van der Waals surface area contributed by atoms with E-state index in [4.69, 9.17) is 4.74 Å². The Labute approximate surface area is 113 Å². The number of rotatable bonds is 5. The third kappa shape index (κ3) is 3.45. The molecule has 1 heterocycles. The minimum absolute atomic E-state index is 0.119. The third-order valence-electron chi connectivity index (χ3n) is 3.16. The lowest BCUT2D eigenvalue weighted by Gasteiger charge is -2.18. The Kier molecular flexibility index (Phi) is 4.39. The molecule has 0 bridgehead atoms. The highest BCUT2D eigenvalue weighted by Crippen LogP contribution is 2.23. The zero-order chi connectivity index (χ0) is 13.8. The van der Waals surface area contributed by atoms with Gasteiger partial charge < -0.3 is 15.2 Å². The number of amides is 1. The molecule has 1 aliphatic rings. The maximum absolute atomic E-state index is 11.5. The van der Waals surface area contributed by atoms with E-state index in [2.05, 4.69) is 5.32 Å². The maximum Gasteiger partial charge on any atom is 0.414 e. The highest BCUT2D eigenvalue weighted by Gasteiger charge is 2.23. The Morgan fingerprint density at radius 3 is 2.89 bits per heavy atom. The molecular weight excluding hydrogens is 244 g/mol. The van der Waals surface area contributed by atoms with E-state index in [-0.39, 0.29) is 18.2 Å². The first kappa shape index (κ1) is 13.8. The minimum atomic E-state index is -0.376. The van der Waals surface area contributed by atoms with Crippen LogP contribution in [0.5, 0.6) is 0 Å². The summed E-state index contributed by atoms with van der Waals surface area (Å²) in [6, 6.07) is 7.93. The number of carbonyl (C=O) groups excluding carboxylic acids is 1. The molecule has 2 atom stereocenters. The van der Waals surface area contributed by atoms with Crippen LogP contribution in [0.4, 0.5) is 10.5 Å². The third-order valence-corrected chi connectivity index (χ3v) is 3.16. The molecule has 104 valence electrons. The lowest BCUT2D eigenvalue weighted by Crippen LogP contribution is -2.27. The molecule has 1 amide bonds. The summed E-state index contributed by atoms with van der Waals surface area (Å²) in [5.41, 5.74) is 1.93. The van der Waals surface area contributed by atoms with Crippen molar-refractivity contribution in [2.45, 2.75) is 26.0 Å². The highest BCUT2D eigenvalue weighted by atomic mass is 16.6. The van der Waals surface area contributed by atoms with Gasteiger partial charge in [0.1, 0.15) is 6.61 Å². The van der Waals surface area contributed by atoms with Gasteiger partial charge in [-0.3, -0.25) is 4.90 Å². The number of carbonyl (C=O) groups is 1. The van der Waals surface area contributed by atoms with Gasteiger partial charge in [-0.1, -0.05) is 12.1 Å². The molecular formula is C14H20N2O3. The van der Waals surface area contributed by atoms with Crippen molar-refractivity contribution >= 4 is 11.8 Å². The van der Waals surface area contributed by atoms with Gasteiger partial charge in [-0.25, -0.2) is 4.79 Å².